The highest BCUT2D eigenvalue weighted by Gasteiger charge is 2.07. The number of nitrogen functional groups attached to an aromatic ring is 1. The van der Waals surface area contributed by atoms with Gasteiger partial charge in [-0.25, -0.2) is 4.98 Å². The molecule has 20 heavy (non-hydrogen) atoms. The molecule has 2 rings (SSSR count). The van der Waals surface area contributed by atoms with Crippen LogP contribution in [0.15, 0.2) is 47.6 Å². The second-order valence-electron chi connectivity index (χ2n) is 4.16. The standard InChI is InChI=1S/C14H15ClN2O2S/c15-10-4-5-14(17-7-10)20-9-12(18)8-19-13-3-1-2-11(16)6-13/h1-7,12,18H,8-9,16H2. The van der Waals surface area contributed by atoms with Crippen LogP contribution in [-0.4, -0.2) is 28.6 Å². The van der Waals surface area contributed by atoms with Gasteiger partial charge in [0.25, 0.3) is 0 Å². The first-order chi connectivity index (χ1) is 9.63. The third-order valence-corrected chi connectivity index (χ3v) is 3.74. The Hall–Kier alpha value is -1.43. The average Bonchev–Trinajstić information content (AvgIpc) is 2.45. The summed E-state index contributed by atoms with van der Waals surface area (Å²) < 4.78 is 5.47. The van der Waals surface area contributed by atoms with Gasteiger partial charge >= 0.3 is 0 Å². The number of nitrogens with zero attached hydrogens (tertiary/aromatic N) is 1. The number of aromatic nitrogens is 1. The van der Waals surface area contributed by atoms with Gasteiger partial charge in [-0.2, -0.15) is 0 Å². The molecule has 0 aliphatic carbocycles. The number of nitrogens with two attached hydrogens (primary N) is 1. The summed E-state index contributed by atoms with van der Waals surface area (Å²) in [5, 5.41) is 11.3. The molecule has 2 aromatic rings. The van der Waals surface area contributed by atoms with Gasteiger partial charge in [-0.1, -0.05) is 17.7 Å². The van der Waals surface area contributed by atoms with Crippen LogP contribution in [0.5, 0.6) is 5.75 Å². The predicted molar refractivity (Wildman–Crippen MR) is 82.3 cm³/mol. The number of hydrogen-bond acceptors (Lipinski definition) is 5. The topological polar surface area (TPSA) is 68.4 Å². The number of halogens is 1. The third kappa shape index (κ3) is 4.92. The van der Waals surface area contributed by atoms with Gasteiger partial charge in [-0.15, -0.1) is 11.8 Å². The van der Waals surface area contributed by atoms with Crippen molar-refractivity contribution in [3.05, 3.63) is 47.6 Å². The van der Waals surface area contributed by atoms with Crippen LogP contribution in [0.4, 0.5) is 5.69 Å². The van der Waals surface area contributed by atoms with Crippen molar-refractivity contribution in [1.29, 1.82) is 0 Å². The van der Waals surface area contributed by atoms with E-state index in [0.717, 1.165) is 5.03 Å². The first-order valence-corrected chi connectivity index (χ1v) is 7.40. The van der Waals surface area contributed by atoms with Crippen molar-refractivity contribution in [3.63, 3.8) is 0 Å². The molecule has 4 nitrogen and oxygen atoms in total. The monoisotopic (exact) mass is 310 g/mol. The summed E-state index contributed by atoms with van der Waals surface area (Å²) in [6.07, 6.45) is 0.999. The van der Waals surface area contributed by atoms with E-state index >= 15 is 0 Å². The van der Waals surface area contributed by atoms with Gasteiger partial charge in [0.15, 0.2) is 0 Å². The third-order valence-electron chi connectivity index (χ3n) is 2.42. The van der Waals surface area contributed by atoms with Crippen LogP contribution in [-0.2, 0) is 0 Å². The molecule has 1 aromatic carbocycles. The minimum absolute atomic E-state index is 0.212. The van der Waals surface area contributed by atoms with Crippen molar-refractivity contribution >= 4 is 29.1 Å². The lowest BCUT2D eigenvalue weighted by Crippen LogP contribution is -2.20. The number of benzene rings is 1. The Morgan fingerprint density at radius 1 is 1.35 bits per heavy atom. The Kier molecular flexibility index (Phi) is 5.52. The van der Waals surface area contributed by atoms with Gasteiger partial charge in [-0.3, -0.25) is 0 Å². The van der Waals surface area contributed by atoms with E-state index in [2.05, 4.69) is 4.98 Å². The molecular weight excluding hydrogens is 296 g/mol. The number of pyridine rings is 1. The second-order valence-corrected chi connectivity index (χ2v) is 5.64. The summed E-state index contributed by atoms with van der Waals surface area (Å²) in [5.74, 6) is 1.15. The Labute approximate surface area is 126 Å². The number of rotatable bonds is 6. The van der Waals surface area contributed by atoms with Gasteiger partial charge in [0.2, 0.25) is 0 Å². The molecule has 1 unspecified atom stereocenters. The highest BCUT2D eigenvalue weighted by atomic mass is 35.5. The second kappa shape index (κ2) is 7.38. The molecule has 1 heterocycles. The maximum atomic E-state index is 9.86. The Morgan fingerprint density at radius 2 is 2.20 bits per heavy atom. The van der Waals surface area contributed by atoms with Gasteiger partial charge in [0.1, 0.15) is 12.4 Å². The van der Waals surface area contributed by atoms with Crippen molar-refractivity contribution in [2.45, 2.75) is 11.1 Å². The van der Waals surface area contributed by atoms with E-state index < -0.39 is 6.10 Å². The van der Waals surface area contributed by atoms with Crippen molar-refractivity contribution in [3.8, 4) is 5.75 Å². The molecule has 0 saturated carbocycles. The van der Waals surface area contributed by atoms with Crippen LogP contribution in [0.1, 0.15) is 0 Å². The zero-order valence-corrected chi connectivity index (χ0v) is 12.3. The van der Waals surface area contributed by atoms with Gasteiger partial charge in [0, 0.05) is 23.7 Å². The molecular formula is C14H15ClN2O2S. The fourth-order valence-electron chi connectivity index (χ4n) is 1.47. The molecule has 0 aliphatic heterocycles. The van der Waals surface area contributed by atoms with Crippen LogP contribution < -0.4 is 10.5 Å². The fraction of sp³-hybridized carbons (Fsp3) is 0.214. The van der Waals surface area contributed by atoms with Crippen LogP contribution in [0, 0.1) is 0 Å². The summed E-state index contributed by atoms with van der Waals surface area (Å²) in [6.45, 7) is 0.212. The maximum absolute atomic E-state index is 9.86. The van der Waals surface area contributed by atoms with Crippen LogP contribution >= 0.6 is 23.4 Å². The molecule has 6 heteroatoms. The van der Waals surface area contributed by atoms with E-state index in [1.54, 1.807) is 30.5 Å². The normalized spacial score (nSPS) is 12.1. The molecule has 0 saturated heterocycles. The smallest absolute Gasteiger partial charge is 0.121 e. The lowest BCUT2D eigenvalue weighted by molar-refractivity contribution is 0.126. The number of anilines is 1. The van der Waals surface area contributed by atoms with Crippen LogP contribution in [0.25, 0.3) is 0 Å². The van der Waals surface area contributed by atoms with E-state index in [-0.39, 0.29) is 6.61 Å². The number of thioether (sulfide) groups is 1. The summed E-state index contributed by atoms with van der Waals surface area (Å²) in [5.41, 5.74) is 6.28. The number of aliphatic hydroxyl groups is 1. The molecule has 0 aliphatic rings. The Bertz CT molecular complexity index is 551. The molecule has 0 bridgehead atoms. The van der Waals surface area contributed by atoms with E-state index in [4.69, 9.17) is 22.1 Å². The highest BCUT2D eigenvalue weighted by Crippen LogP contribution is 2.19. The van der Waals surface area contributed by atoms with E-state index in [0.29, 0.717) is 22.2 Å². The minimum Gasteiger partial charge on any atom is -0.491 e. The minimum atomic E-state index is -0.584. The van der Waals surface area contributed by atoms with E-state index in [1.807, 2.05) is 12.1 Å². The van der Waals surface area contributed by atoms with Crippen molar-refractivity contribution < 1.29 is 9.84 Å². The fourth-order valence-corrected chi connectivity index (χ4v) is 2.34. The lowest BCUT2D eigenvalue weighted by Gasteiger charge is -2.12. The van der Waals surface area contributed by atoms with Crippen LogP contribution in [0.3, 0.4) is 0 Å². The number of hydrogen-bond donors (Lipinski definition) is 2. The van der Waals surface area contributed by atoms with Crippen LogP contribution in [0.2, 0.25) is 5.02 Å². The summed E-state index contributed by atoms with van der Waals surface area (Å²) in [6, 6.07) is 10.7. The molecule has 106 valence electrons. The molecule has 0 radical (unpaired) electrons. The van der Waals surface area contributed by atoms with E-state index in [1.165, 1.54) is 11.8 Å². The average molecular weight is 311 g/mol. The zero-order chi connectivity index (χ0) is 14.4. The molecule has 0 spiro atoms. The van der Waals surface area contributed by atoms with E-state index in [9.17, 15) is 5.11 Å². The zero-order valence-electron chi connectivity index (χ0n) is 10.7. The molecule has 1 atom stereocenters. The Balaban J connectivity index is 1.75. The first-order valence-electron chi connectivity index (χ1n) is 6.04. The lowest BCUT2D eigenvalue weighted by atomic mass is 10.3. The molecule has 1 aromatic heterocycles. The maximum Gasteiger partial charge on any atom is 0.121 e. The van der Waals surface area contributed by atoms with Gasteiger partial charge in [0.05, 0.1) is 16.2 Å². The number of ether oxygens (including phenoxy) is 1. The SMILES string of the molecule is Nc1cccc(OCC(O)CSc2ccc(Cl)cn2)c1. The highest BCUT2D eigenvalue weighted by molar-refractivity contribution is 7.99. The quantitative estimate of drug-likeness (QED) is 0.634. The van der Waals surface area contributed by atoms with Gasteiger partial charge in [-0.05, 0) is 24.3 Å². The Morgan fingerprint density at radius 3 is 2.90 bits per heavy atom. The van der Waals surface area contributed by atoms with Crippen molar-refractivity contribution in [1.82, 2.24) is 4.98 Å². The van der Waals surface area contributed by atoms with Gasteiger partial charge < -0.3 is 15.6 Å². The number of aliphatic hydroxyl groups excluding tert-OH is 1. The summed E-state index contributed by atoms with van der Waals surface area (Å²) >= 11 is 7.20. The molecule has 3 N–H and O–H groups in total. The molecule has 0 fully saturated rings. The van der Waals surface area contributed by atoms with Crippen molar-refractivity contribution in [2.75, 3.05) is 18.1 Å². The molecule has 0 amide bonds. The summed E-state index contributed by atoms with van der Waals surface area (Å²) in [4.78, 5) is 4.14. The largest absolute Gasteiger partial charge is 0.491 e. The predicted octanol–water partition coefficient (Wildman–Crippen LogP) is 2.85. The first kappa shape index (κ1) is 15.0. The van der Waals surface area contributed by atoms with Crippen molar-refractivity contribution in [2.24, 2.45) is 0 Å². The summed E-state index contributed by atoms with van der Waals surface area (Å²) in [7, 11) is 0.